The fourth-order valence-electron chi connectivity index (χ4n) is 6.25. The summed E-state index contributed by atoms with van der Waals surface area (Å²) >= 11 is 0. The summed E-state index contributed by atoms with van der Waals surface area (Å²) in [4.78, 5) is 46.9. The van der Waals surface area contributed by atoms with Crippen molar-refractivity contribution in [3.63, 3.8) is 0 Å². The summed E-state index contributed by atoms with van der Waals surface area (Å²) in [6.45, 7) is 11.2. The first-order valence-corrected chi connectivity index (χ1v) is 18.0. The monoisotopic (exact) mass is 734 g/mol. The number of amides is 1. The Morgan fingerprint density at radius 1 is 0.655 bits per heavy atom. The molecule has 0 saturated carbocycles. The second-order valence-corrected chi connectivity index (χ2v) is 14.9. The topological polar surface area (TPSA) is 152 Å². The van der Waals surface area contributed by atoms with E-state index in [0.717, 1.165) is 35.1 Å². The van der Waals surface area contributed by atoms with Gasteiger partial charge in [0.25, 0.3) is 5.91 Å². The molecule has 0 aliphatic carbocycles. The Kier molecular flexibility index (Phi) is 12.0. The molecule has 11 heteroatoms. The maximum absolute atomic E-state index is 13.0. The predicted molar refractivity (Wildman–Crippen MR) is 221 cm³/mol. The summed E-state index contributed by atoms with van der Waals surface area (Å²) in [7, 11) is 3.39. The Balaban J connectivity index is 0.000000212. The number of ketones is 2. The van der Waals surface area contributed by atoms with Gasteiger partial charge in [0.05, 0.1) is 28.2 Å². The van der Waals surface area contributed by atoms with E-state index in [0.29, 0.717) is 33.9 Å². The van der Waals surface area contributed by atoms with Gasteiger partial charge in [-0.25, -0.2) is 0 Å². The van der Waals surface area contributed by atoms with Gasteiger partial charge in [-0.1, -0.05) is 48.5 Å². The van der Waals surface area contributed by atoms with Crippen LogP contribution in [0.1, 0.15) is 84.5 Å². The molecule has 0 fully saturated rings. The Morgan fingerprint density at radius 3 is 1.51 bits per heavy atom. The number of hydrazone groups is 2. The van der Waals surface area contributed by atoms with Gasteiger partial charge in [0.2, 0.25) is 0 Å². The number of benzene rings is 4. The molecule has 55 heavy (non-hydrogen) atoms. The van der Waals surface area contributed by atoms with E-state index in [1.165, 1.54) is 18.7 Å². The van der Waals surface area contributed by atoms with Crippen molar-refractivity contribution in [3.8, 4) is 6.07 Å². The number of aliphatic imine (C=N–C) groups is 2. The summed E-state index contributed by atoms with van der Waals surface area (Å²) < 4.78 is 0. The van der Waals surface area contributed by atoms with E-state index in [-0.39, 0.29) is 40.0 Å². The summed E-state index contributed by atoms with van der Waals surface area (Å²) in [5.74, 6) is -0.226. The van der Waals surface area contributed by atoms with Crippen molar-refractivity contribution in [2.45, 2.75) is 65.5 Å². The van der Waals surface area contributed by atoms with Gasteiger partial charge >= 0.3 is 0 Å². The predicted octanol–water partition coefficient (Wildman–Crippen LogP) is 7.57. The SMILES string of the molecule is CC(=O)c1ccc(NN=C(C#N)C2=NC(C)(C)Cc3ccccc32)cc1.CC(=O)c1ccc(NN=C(C(=O)N(C)C)C2=NC(C)(C)Cc3ccccc32)cc1. The maximum Gasteiger partial charge on any atom is 0.276 e. The first-order valence-electron chi connectivity index (χ1n) is 18.0. The molecule has 0 saturated heterocycles. The molecule has 0 bridgehead atoms. The van der Waals surface area contributed by atoms with Crippen molar-refractivity contribution in [1.29, 1.82) is 5.26 Å². The average molecular weight is 735 g/mol. The Morgan fingerprint density at radius 2 is 1.07 bits per heavy atom. The van der Waals surface area contributed by atoms with Crippen LogP contribution in [-0.4, -0.2) is 70.4 Å². The number of rotatable bonds is 9. The van der Waals surface area contributed by atoms with E-state index in [1.807, 2.05) is 50.2 Å². The van der Waals surface area contributed by atoms with Gasteiger partial charge in [0.15, 0.2) is 23.0 Å². The first-order chi connectivity index (χ1) is 26.1. The highest BCUT2D eigenvalue weighted by Gasteiger charge is 2.32. The van der Waals surface area contributed by atoms with Crippen molar-refractivity contribution in [3.05, 3.63) is 130 Å². The largest absolute Gasteiger partial charge is 0.343 e. The lowest BCUT2D eigenvalue weighted by Gasteiger charge is -2.29. The highest BCUT2D eigenvalue weighted by molar-refractivity contribution is 6.70. The van der Waals surface area contributed by atoms with Gasteiger partial charge in [-0.3, -0.25) is 35.2 Å². The minimum Gasteiger partial charge on any atom is -0.343 e. The van der Waals surface area contributed by atoms with Gasteiger partial charge in [0, 0.05) is 36.3 Å². The molecular weight excluding hydrogens is 689 g/mol. The third kappa shape index (κ3) is 9.91. The van der Waals surface area contributed by atoms with Crippen molar-refractivity contribution < 1.29 is 14.4 Å². The quantitative estimate of drug-likeness (QED) is 0.103. The molecule has 6 rings (SSSR count). The van der Waals surface area contributed by atoms with Crippen LogP contribution in [0.2, 0.25) is 0 Å². The third-order valence-electron chi connectivity index (χ3n) is 8.96. The van der Waals surface area contributed by atoms with Crippen LogP contribution < -0.4 is 10.9 Å². The van der Waals surface area contributed by atoms with Gasteiger partial charge < -0.3 is 4.90 Å². The molecule has 0 spiro atoms. The average Bonchev–Trinajstić information content (AvgIpc) is 3.14. The number of nitriles is 1. The number of nitrogens with one attached hydrogen (secondary N) is 2. The summed E-state index contributed by atoms with van der Waals surface area (Å²) in [6, 6.07) is 32.1. The van der Waals surface area contributed by atoms with Crippen LogP contribution in [0, 0.1) is 11.3 Å². The zero-order chi connectivity index (χ0) is 39.9. The molecule has 2 heterocycles. The van der Waals surface area contributed by atoms with Gasteiger partial charge in [-0.05, 0) is 114 Å². The van der Waals surface area contributed by atoms with Crippen LogP contribution in [0.3, 0.4) is 0 Å². The molecule has 2 aliphatic rings. The summed E-state index contributed by atoms with van der Waals surface area (Å²) in [6.07, 6.45) is 1.63. The van der Waals surface area contributed by atoms with Crippen LogP contribution in [0.15, 0.2) is 117 Å². The number of anilines is 2. The van der Waals surface area contributed by atoms with Crippen molar-refractivity contribution >= 4 is 51.7 Å². The lowest BCUT2D eigenvalue weighted by molar-refractivity contribution is -0.121. The van der Waals surface area contributed by atoms with Gasteiger partial charge in [0.1, 0.15) is 11.8 Å². The summed E-state index contributed by atoms with van der Waals surface area (Å²) in [5, 5.41) is 18.3. The normalized spacial score (nSPS) is 15.3. The van der Waals surface area contributed by atoms with Crippen molar-refractivity contribution in [2.24, 2.45) is 20.2 Å². The second-order valence-electron chi connectivity index (χ2n) is 14.9. The highest BCUT2D eigenvalue weighted by atomic mass is 16.2. The Bertz CT molecular complexity index is 2270. The fourth-order valence-corrected chi connectivity index (χ4v) is 6.25. The van der Waals surface area contributed by atoms with Crippen LogP contribution in [0.4, 0.5) is 11.4 Å². The van der Waals surface area contributed by atoms with Crippen molar-refractivity contribution in [2.75, 3.05) is 24.9 Å². The number of Topliss-reactive ketones (excluding diaryl/α,β-unsaturated/α-hetero) is 2. The van der Waals surface area contributed by atoms with Crippen LogP contribution in [-0.2, 0) is 17.6 Å². The van der Waals surface area contributed by atoms with Crippen LogP contribution >= 0.6 is 0 Å². The molecule has 4 aromatic carbocycles. The van der Waals surface area contributed by atoms with E-state index in [4.69, 9.17) is 9.98 Å². The number of hydrogen-bond donors (Lipinski definition) is 2. The smallest absolute Gasteiger partial charge is 0.276 e. The summed E-state index contributed by atoms with van der Waals surface area (Å²) in [5.41, 5.74) is 13.7. The second kappa shape index (κ2) is 16.6. The van der Waals surface area contributed by atoms with Crippen molar-refractivity contribution in [1.82, 2.24) is 4.90 Å². The molecule has 1 amide bonds. The molecular formula is C44H46N8O3. The number of hydrogen-bond acceptors (Lipinski definition) is 10. The van der Waals surface area contributed by atoms with E-state index >= 15 is 0 Å². The fraction of sp³-hybridized carbons (Fsp3) is 0.273. The molecule has 2 N–H and O–H groups in total. The maximum atomic E-state index is 13.0. The molecule has 2 aliphatic heterocycles. The highest BCUT2D eigenvalue weighted by Crippen LogP contribution is 2.29. The molecule has 280 valence electrons. The van der Waals surface area contributed by atoms with Crippen LogP contribution in [0.5, 0.6) is 0 Å². The van der Waals surface area contributed by atoms with Crippen LogP contribution in [0.25, 0.3) is 0 Å². The Labute approximate surface area is 322 Å². The molecule has 4 aromatic rings. The lowest BCUT2D eigenvalue weighted by Crippen LogP contribution is -2.40. The number of carbonyl (C=O) groups excluding carboxylic acids is 3. The zero-order valence-electron chi connectivity index (χ0n) is 32.6. The Hall–Kier alpha value is -6.54. The lowest BCUT2D eigenvalue weighted by atomic mass is 9.85. The van der Waals surface area contributed by atoms with Gasteiger partial charge in [-0.2, -0.15) is 15.5 Å². The first kappa shape index (κ1) is 39.7. The number of nitrogens with zero attached hydrogens (tertiary/aromatic N) is 6. The molecule has 0 atom stereocenters. The number of carbonyl (C=O) groups is 3. The van der Waals surface area contributed by atoms with E-state index in [2.05, 4.69) is 53.1 Å². The third-order valence-corrected chi connectivity index (χ3v) is 8.96. The van der Waals surface area contributed by atoms with E-state index < -0.39 is 0 Å². The standard InChI is InChI=1S/C23H26N4O2.C21H20N4O/c1-15(28)16-10-12-18(13-11-16)25-26-21(22(29)27(4)5)20-19-9-7-6-8-17(19)14-23(2,3)24-20;1-14(26)15-8-10-17(11-9-15)24-25-19(13-22)20-18-7-5-4-6-16(18)12-21(2,3)23-20/h6-13,25H,14H2,1-5H3;4-11,24H,12H2,1-3H3. The molecule has 0 radical (unpaired) electrons. The van der Waals surface area contributed by atoms with E-state index in [1.54, 1.807) is 62.6 Å². The van der Waals surface area contributed by atoms with Gasteiger partial charge in [-0.15, -0.1) is 0 Å². The number of fused-ring (bicyclic) bond motifs is 2. The zero-order valence-corrected chi connectivity index (χ0v) is 32.6. The molecule has 11 nitrogen and oxygen atoms in total. The molecule has 0 unspecified atom stereocenters. The minimum atomic E-state index is -0.333. The molecule has 0 aromatic heterocycles. The van der Waals surface area contributed by atoms with E-state index in [9.17, 15) is 19.6 Å². The minimum absolute atomic E-state index is 0.000995.